The normalized spacial score (nSPS) is 24.6. The molecule has 0 bridgehead atoms. The van der Waals surface area contributed by atoms with Gasteiger partial charge in [0.25, 0.3) is 0 Å². The number of carbonyl (C=O) groups is 1. The van der Waals surface area contributed by atoms with E-state index in [0.29, 0.717) is 6.04 Å². The maximum absolute atomic E-state index is 13.4. The SMILES string of the molecule is COc1cccc(CN2CC(C(=O)N3CCC3C)C=C3c4cccc5[nH]cc(c45)CC32)c1. The number of ether oxygens (including phenoxy) is 1. The minimum Gasteiger partial charge on any atom is -0.497 e. The van der Waals surface area contributed by atoms with Crippen LogP contribution in [0.5, 0.6) is 5.75 Å². The fourth-order valence-electron chi connectivity index (χ4n) is 5.72. The van der Waals surface area contributed by atoms with Crippen molar-refractivity contribution in [1.82, 2.24) is 14.8 Å². The molecule has 3 aromatic rings. The summed E-state index contributed by atoms with van der Waals surface area (Å²) in [5.74, 6) is 1.04. The summed E-state index contributed by atoms with van der Waals surface area (Å²) in [5, 5.41) is 1.32. The molecule has 1 fully saturated rings. The van der Waals surface area contributed by atoms with Crippen molar-refractivity contribution in [2.24, 2.45) is 5.92 Å². The number of nitrogens with one attached hydrogen (secondary N) is 1. The summed E-state index contributed by atoms with van der Waals surface area (Å²) >= 11 is 0. The molecule has 1 saturated heterocycles. The number of fused-ring (bicyclic) bond motifs is 2. The second-order valence-electron chi connectivity index (χ2n) is 9.44. The number of hydrogen-bond donors (Lipinski definition) is 1. The number of carbonyl (C=O) groups excluding carboxylic acids is 1. The van der Waals surface area contributed by atoms with Crippen LogP contribution in [0.2, 0.25) is 0 Å². The molecule has 1 N–H and O–H groups in total. The average Bonchev–Trinajstić information content (AvgIpc) is 3.22. The van der Waals surface area contributed by atoms with Gasteiger partial charge >= 0.3 is 0 Å². The third-order valence-corrected chi connectivity index (χ3v) is 7.56. The van der Waals surface area contributed by atoms with Gasteiger partial charge in [0.1, 0.15) is 5.75 Å². The lowest BCUT2D eigenvalue weighted by atomic mass is 9.79. The molecule has 2 aromatic carbocycles. The van der Waals surface area contributed by atoms with Crippen molar-refractivity contribution < 1.29 is 9.53 Å². The summed E-state index contributed by atoms with van der Waals surface area (Å²) in [5.41, 5.74) is 6.35. The summed E-state index contributed by atoms with van der Waals surface area (Å²) in [4.78, 5) is 21.4. The minimum absolute atomic E-state index is 0.106. The molecule has 3 unspecified atom stereocenters. The zero-order valence-electron chi connectivity index (χ0n) is 18.7. The van der Waals surface area contributed by atoms with Crippen LogP contribution >= 0.6 is 0 Å². The van der Waals surface area contributed by atoms with E-state index >= 15 is 0 Å². The summed E-state index contributed by atoms with van der Waals surface area (Å²) in [7, 11) is 1.71. The molecule has 1 aromatic heterocycles. The van der Waals surface area contributed by atoms with E-state index in [1.807, 2.05) is 12.1 Å². The number of H-pyrrole nitrogens is 1. The summed E-state index contributed by atoms with van der Waals surface area (Å²) in [6.45, 7) is 4.59. The molecule has 5 heteroatoms. The first-order chi connectivity index (χ1) is 15.6. The standard InChI is InChI=1S/C27H29N3O2/c1-17-9-10-30(17)27(31)20-12-23-22-7-4-8-24-26(22)19(14-28-24)13-25(23)29(16-20)15-18-5-3-6-21(11-18)32-2/h3-8,11-12,14,17,20,25,28H,9-10,13,15-16H2,1-2H3. The number of benzene rings is 2. The zero-order valence-corrected chi connectivity index (χ0v) is 18.7. The predicted octanol–water partition coefficient (Wildman–Crippen LogP) is 4.24. The number of nitrogens with zero attached hydrogens (tertiary/aromatic N) is 2. The molecule has 164 valence electrons. The van der Waals surface area contributed by atoms with Crippen LogP contribution in [0.3, 0.4) is 0 Å². The van der Waals surface area contributed by atoms with E-state index in [0.717, 1.165) is 38.2 Å². The Morgan fingerprint density at radius 2 is 2.09 bits per heavy atom. The lowest BCUT2D eigenvalue weighted by Gasteiger charge is -2.45. The van der Waals surface area contributed by atoms with Crippen LogP contribution in [0, 0.1) is 5.92 Å². The molecular weight excluding hydrogens is 398 g/mol. The van der Waals surface area contributed by atoms with Gasteiger partial charge in [-0.2, -0.15) is 0 Å². The Morgan fingerprint density at radius 1 is 1.22 bits per heavy atom. The summed E-state index contributed by atoms with van der Waals surface area (Å²) in [6, 6.07) is 15.4. The van der Waals surface area contributed by atoms with Crippen molar-refractivity contribution >= 4 is 22.4 Å². The van der Waals surface area contributed by atoms with E-state index in [-0.39, 0.29) is 17.9 Å². The number of aromatic nitrogens is 1. The smallest absolute Gasteiger partial charge is 0.231 e. The van der Waals surface area contributed by atoms with Gasteiger partial charge in [0.15, 0.2) is 0 Å². The van der Waals surface area contributed by atoms with Crippen molar-refractivity contribution in [2.75, 3.05) is 20.2 Å². The van der Waals surface area contributed by atoms with E-state index in [1.54, 1.807) is 7.11 Å². The second kappa shape index (κ2) is 7.52. The van der Waals surface area contributed by atoms with Crippen LogP contribution in [-0.4, -0.2) is 53.0 Å². The summed E-state index contributed by atoms with van der Waals surface area (Å²) < 4.78 is 5.46. The maximum atomic E-state index is 13.4. The van der Waals surface area contributed by atoms with E-state index in [4.69, 9.17) is 4.74 Å². The Bertz CT molecular complexity index is 1230. The van der Waals surface area contributed by atoms with Gasteiger partial charge in [-0.3, -0.25) is 9.69 Å². The molecule has 6 rings (SSSR count). The quantitative estimate of drug-likeness (QED) is 0.678. The summed E-state index contributed by atoms with van der Waals surface area (Å²) in [6.07, 6.45) is 6.52. The van der Waals surface area contributed by atoms with Crippen molar-refractivity contribution in [1.29, 1.82) is 0 Å². The van der Waals surface area contributed by atoms with Gasteiger partial charge in [0.05, 0.1) is 13.0 Å². The Labute approximate surface area is 188 Å². The van der Waals surface area contributed by atoms with Crippen molar-refractivity contribution in [3.63, 3.8) is 0 Å². The molecule has 1 aliphatic carbocycles. The second-order valence-corrected chi connectivity index (χ2v) is 9.44. The third-order valence-electron chi connectivity index (χ3n) is 7.56. The molecule has 2 aliphatic heterocycles. The first-order valence-corrected chi connectivity index (χ1v) is 11.6. The molecule has 3 atom stereocenters. The molecule has 0 radical (unpaired) electrons. The number of amides is 1. The van der Waals surface area contributed by atoms with Gasteiger partial charge in [0, 0.05) is 48.8 Å². The fourth-order valence-corrected chi connectivity index (χ4v) is 5.72. The zero-order chi connectivity index (χ0) is 21.8. The van der Waals surface area contributed by atoms with Crippen molar-refractivity contribution in [3.05, 3.63) is 71.4 Å². The highest BCUT2D eigenvalue weighted by atomic mass is 16.5. The number of likely N-dealkylation sites (tertiary alicyclic amines) is 1. The molecule has 1 amide bonds. The lowest BCUT2D eigenvalue weighted by molar-refractivity contribution is -0.142. The Hall–Kier alpha value is -3.05. The number of rotatable bonds is 4. The largest absolute Gasteiger partial charge is 0.497 e. The van der Waals surface area contributed by atoms with E-state index in [9.17, 15) is 4.79 Å². The fraction of sp³-hybridized carbons (Fsp3) is 0.370. The van der Waals surface area contributed by atoms with Crippen LogP contribution in [0.15, 0.2) is 54.7 Å². The highest BCUT2D eigenvalue weighted by molar-refractivity contribution is 5.99. The molecule has 3 heterocycles. The topological polar surface area (TPSA) is 48.6 Å². The Morgan fingerprint density at radius 3 is 2.88 bits per heavy atom. The molecule has 32 heavy (non-hydrogen) atoms. The van der Waals surface area contributed by atoms with E-state index < -0.39 is 0 Å². The first-order valence-electron chi connectivity index (χ1n) is 11.6. The molecule has 0 spiro atoms. The van der Waals surface area contributed by atoms with E-state index in [1.165, 1.54) is 33.2 Å². The van der Waals surface area contributed by atoms with Gasteiger partial charge in [-0.25, -0.2) is 0 Å². The highest BCUT2D eigenvalue weighted by Crippen LogP contribution is 2.42. The highest BCUT2D eigenvalue weighted by Gasteiger charge is 2.40. The predicted molar refractivity (Wildman–Crippen MR) is 126 cm³/mol. The van der Waals surface area contributed by atoms with Gasteiger partial charge in [-0.05, 0) is 60.2 Å². The van der Waals surface area contributed by atoms with E-state index in [2.05, 4.69) is 64.3 Å². The first kappa shape index (κ1) is 19.6. The third kappa shape index (κ3) is 3.06. The average molecular weight is 428 g/mol. The Kier molecular flexibility index (Phi) is 4.61. The molecule has 0 saturated carbocycles. The Balaban J connectivity index is 1.41. The monoisotopic (exact) mass is 427 g/mol. The minimum atomic E-state index is -0.106. The number of hydrogen-bond acceptors (Lipinski definition) is 3. The number of aromatic amines is 1. The van der Waals surface area contributed by atoms with Gasteiger partial charge < -0.3 is 14.6 Å². The van der Waals surface area contributed by atoms with Crippen molar-refractivity contribution in [3.8, 4) is 5.75 Å². The van der Waals surface area contributed by atoms with Crippen LogP contribution < -0.4 is 4.74 Å². The molecular formula is C27H29N3O2. The van der Waals surface area contributed by atoms with Crippen LogP contribution in [-0.2, 0) is 17.8 Å². The van der Waals surface area contributed by atoms with Gasteiger partial charge in [-0.1, -0.05) is 30.3 Å². The van der Waals surface area contributed by atoms with Crippen LogP contribution in [0.1, 0.15) is 30.0 Å². The lowest BCUT2D eigenvalue weighted by Crippen LogP contribution is -2.55. The molecule has 3 aliphatic rings. The van der Waals surface area contributed by atoms with Gasteiger partial charge in [-0.15, -0.1) is 0 Å². The van der Waals surface area contributed by atoms with Gasteiger partial charge in [0.2, 0.25) is 5.91 Å². The number of methoxy groups -OCH3 is 1. The maximum Gasteiger partial charge on any atom is 0.231 e. The van der Waals surface area contributed by atoms with Crippen molar-refractivity contribution in [2.45, 2.75) is 38.4 Å². The van der Waals surface area contributed by atoms with Crippen LogP contribution in [0.25, 0.3) is 16.5 Å². The van der Waals surface area contributed by atoms with Crippen LogP contribution in [0.4, 0.5) is 0 Å². The molecule has 5 nitrogen and oxygen atoms in total.